The second-order valence-electron chi connectivity index (χ2n) is 5.32. The highest BCUT2D eigenvalue weighted by molar-refractivity contribution is 6.03. The Kier molecular flexibility index (Phi) is 4.34. The van der Waals surface area contributed by atoms with Gasteiger partial charge in [0.2, 0.25) is 0 Å². The number of morpholine rings is 1. The molecule has 1 aromatic heterocycles. The highest BCUT2D eigenvalue weighted by Crippen LogP contribution is 2.17. The average Bonchev–Trinajstić information content (AvgIpc) is 2.57. The van der Waals surface area contributed by atoms with Gasteiger partial charge < -0.3 is 15.0 Å². The number of carbonyl (C=O) groups is 1. The number of hydrogen-bond donors (Lipinski definition) is 1. The van der Waals surface area contributed by atoms with E-state index in [0.29, 0.717) is 11.4 Å². The first-order valence-electron chi connectivity index (χ1n) is 7.39. The number of hydrogen-bond acceptors (Lipinski definition) is 4. The molecule has 1 aliphatic heterocycles. The Morgan fingerprint density at radius 3 is 2.50 bits per heavy atom. The Hall–Kier alpha value is -2.40. The smallest absolute Gasteiger partial charge is 0.256 e. The second-order valence-corrected chi connectivity index (χ2v) is 5.32. The molecule has 0 spiro atoms. The van der Waals surface area contributed by atoms with Gasteiger partial charge in [-0.3, -0.25) is 4.79 Å². The molecule has 2 heterocycles. The summed E-state index contributed by atoms with van der Waals surface area (Å²) in [6.45, 7) is 5.22. The van der Waals surface area contributed by atoms with Gasteiger partial charge in [-0.25, -0.2) is 4.98 Å². The number of nitrogens with one attached hydrogen (secondary N) is 1. The van der Waals surface area contributed by atoms with Crippen molar-refractivity contribution in [1.29, 1.82) is 0 Å². The van der Waals surface area contributed by atoms with Crippen LogP contribution in [-0.4, -0.2) is 37.2 Å². The van der Waals surface area contributed by atoms with Gasteiger partial charge in [0.15, 0.2) is 0 Å². The molecule has 114 valence electrons. The van der Waals surface area contributed by atoms with E-state index in [1.54, 1.807) is 6.20 Å². The Labute approximate surface area is 129 Å². The molecule has 0 bridgehead atoms. The van der Waals surface area contributed by atoms with E-state index in [2.05, 4.69) is 15.2 Å². The molecule has 2 aromatic rings. The Bertz CT molecular complexity index is 632. The van der Waals surface area contributed by atoms with Crippen LogP contribution in [0.3, 0.4) is 0 Å². The summed E-state index contributed by atoms with van der Waals surface area (Å²) in [4.78, 5) is 18.7. The molecule has 1 amide bonds. The summed E-state index contributed by atoms with van der Waals surface area (Å²) in [7, 11) is 0. The van der Waals surface area contributed by atoms with Gasteiger partial charge in [0.25, 0.3) is 5.91 Å². The van der Waals surface area contributed by atoms with Crippen LogP contribution in [0.15, 0.2) is 42.6 Å². The van der Waals surface area contributed by atoms with Gasteiger partial charge in [-0.1, -0.05) is 17.7 Å². The van der Waals surface area contributed by atoms with Crippen molar-refractivity contribution in [3.8, 4) is 0 Å². The topological polar surface area (TPSA) is 54.5 Å². The summed E-state index contributed by atoms with van der Waals surface area (Å²) in [6.07, 6.45) is 1.79. The van der Waals surface area contributed by atoms with Crippen molar-refractivity contribution in [3.05, 3.63) is 53.7 Å². The van der Waals surface area contributed by atoms with Crippen LogP contribution >= 0.6 is 0 Å². The standard InChI is InChI=1S/C17H19N3O2/c1-13-2-4-14(5-3-13)17(21)19-16-7-6-15(12-18-16)20-8-10-22-11-9-20/h2-7,12H,8-11H2,1H3,(H,18,19,21). The van der Waals surface area contributed by atoms with Gasteiger partial charge in [0.05, 0.1) is 25.1 Å². The lowest BCUT2D eigenvalue weighted by Crippen LogP contribution is -2.36. The van der Waals surface area contributed by atoms with Gasteiger partial charge in [0.1, 0.15) is 5.82 Å². The monoisotopic (exact) mass is 297 g/mol. The number of aryl methyl sites for hydroxylation is 1. The minimum atomic E-state index is -0.147. The lowest BCUT2D eigenvalue weighted by Gasteiger charge is -2.28. The SMILES string of the molecule is Cc1ccc(C(=O)Nc2ccc(N3CCOCC3)cn2)cc1. The molecule has 5 nitrogen and oxygen atoms in total. The molecule has 1 aliphatic rings. The van der Waals surface area contributed by atoms with E-state index in [1.807, 2.05) is 43.3 Å². The first-order chi connectivity index (χ1) is 10.7. The number of nitrogens with zero attached hydrogens (tertiary/aromatic N) is 2. The molecule has 0 atom stereocenters. The van der Waals surface area contributed by atoms with Crippen molar-refractivity contribution in [2.24, 2.45) is 0 Å². The van der Waals surface area contributed by atoms with Gasteiger partial charge >= 0.3 is 0 Å². The number of carbonyl (C=O) groups excluding carboxylic acids is 1. The van der Waals surface area contributed by atoms with E-state index in [1.165, 1.54) is 0 Å². The lowest BCUT2D eigenvalue weighted by atomic mass is 10.1. The molecule has 5 heteroatoms. The maximum Gasteiger partial charge on any atom is 0.256 e. The van der Waals surface area contributed by atoms with Crippen molar-refractivity contribution < 1.29 is 9.53 Å². The number of amides is 1. The van der Waals surface area contributed by atoms with E-state index in [4.69, 9.17) is 4.74 Å². The third kappa shape index (κ3) is 3.43. The van der Waals surface area contributed by atoms with Gasteiger partial charge in [-0.2, -0.15) is 0 Å². The van der Waals surface area contributed by atoms with E-state index in [9.17, 15) is 4.79 Å². The van der Waals surface area contributed by atoms with Crippen LogP contribution in [0.5, 0.6) is 0 Å². The first kappa shape index (κ1) is 14.5. The summed E-state index contributed by atoms with van der Waals surface area (Å²) in [5.74, 6) is 0.411. The van der Waals surface area contributed by atoms with E-state index >= 15 is 0 Å². The summed E-state index contributed by atoms with van der Waals surface area (Å²) < 4.78 is 5.34. The average molecular weight is 297 g/mol. The Balaban J connectivity index is 1.65. The summed E-state index contributed by atoms with van der Waals surface area (Å²) in [6, 6.07) is 11.3. The molecule has 1 aromatic carbocycles. The van der Waals surface area contributed by atoms with Crippen molar-refractivity contribution in [3.63, 3.8) is 0 Å². The van der Waals surface area contributed by atoms with Crippen LogP contribution in [0.1, 0.15) is 15.9 Å². The third-order valence-corrected chi connectivity index (χ3v) is 3.68. The van der Waals surface area contributed by atoms with Crippen molar-refractivity contribution in [1.82, 2.24) is 4.98 Å². The summed E-state index contributed by atoms with van der Waals surface area (Å²) in [5.41, 5.74) is 2.81. The van der Waals surface area contributed by atoms with Crippen LogP contribution in [0.4, 0.5) is 11.5 Å². The number of rotatable bonds is 3. The zero-order valence-corrected chi connectivity index (χ0v) is 12.6. The molecule has 1 saturated heterocycles. The zero-order valence-electron chi connectivity index (χ0n) is 12.6. The maximum absolute atomic E-state index is 12.1. The normalized spacial score (nSPS) is 14.7. The number of pyridine rings is 1. The quantitative estimate of drug-likeness (QED) is 0.945. The van der Waals surface area contributed by atoms with Crippen LogP contribution in [0.2, 0.25) is 0 Å². The fraction of sp³-hybridized carbons (Fsp3) is 0.294. The van der Waals surface area contributed by atoms with Gasteiger partial charge in [-0.05, 0) is 31.2 Å². The van der Waals surface area contributed by atoms with Crippen molar-refractivity contribution in [2.45, 2.75) is 6.92 Å². The van der Waals surface area contributed by atoms with E-state index in [0.717, 1.165) is 37.6 Å². The van der Waals surface area contributed by atoms with Crippen molar-refractivity contribution in [2.75, 3.05) is 36.5 Å². The van der Waals surface area contributed by atoms with E-state index < -0.39 is 0 Å². The van der Waals surface area contributed by atoms with Crippen LogP contribution in [0, 0.1) is 6.92 Å². The first-order valence-corrected chi connectivity index (χ1v) is 7.39. The fourth-order valence-electron chi connectivity index (χ4n) is 2.36. The van der Waals surface area contributed by atoms with Gasteiger partial charge in [0, 0.05) is 18.7 Å². The van der Waals surface area contributed by atoms with Crippen LogP contribution < -0.4 is 10.2 Å². The summed E-state index contributed by atoms with van der Waals surface area (Å²) in [5, 5.41) is 2.81. The molecule has 0 aliphatic carbocycles. The highest BCUT2D eigenvalue weighted by Gasteiger charge is 2.12. The lowest BCUT2D eigenvalue weighted by molar-refractivity contribution is 0.102. The number of benzene rings is 1. The molecule has 3 rings (SSSR count). The van der Waals surface area contributed by atoms with Crippen molar-refractivity contribution >= 4 is 17.4 Å². The minimum Gasteiger partial charge on any atom is -0.378 e. The van der Waals surface area contributed by atoms with Crippen LogP contribution in [-0.2, 0) is 4.74 Å². The van der Waals surface area contributed by atoms with Gasteiger partial charge in [-0.15, -0.1) is 0 Å². The number of aromatic nitrogens is 1. The molecule has 1 N–H and O–H groups in total. The zero-order chi connectivity index (χ0) is 15.4. The molecule has 0 radical (unpaired) electrons. The number of anilines is 2. The Morgan fingerprint density at radius 2 is 1.86 bits per heavy atom. The van der Waals surface area contributed by atoms with Crippen LogP contribution in [0.25, 0.3) is 0 Å². The Morgan fingerprint density at radius 1 is 1.14 bits per heavy atom. The predicted octanol–water partition coefficient (Wildman–Crippen LogP) is 2.48. The predicted molar refractivity (Wildman–Crippen MR) is 86.4 cm³/mol. The summed E-state index contributed by atoms with van der Waals surface area (Å²) >= 11 is 0. The molecular formula is C17H19N3O2. The van der Waals surface area contributed by atoms with E-state index in [-0.39, 0.29) is 5.91 Å². The molecule has 1 fully saturated rings. The molecule has 22 heavy (non-hydrogen) atoms. The number of ether oxygens (including phenoxy) is 1. The molecule has 0 unspecified atom stereocenters. The fourth-order valence-corrected chi connectivity index (χ4v) is 2.36. The maximum atomic E-state index is 12.1. The largest absolute Gasteiger partial charge is 0.378 e. The minimum absolute atomic E-state index is 0.147. The highest BCUT2D eigenvalue weighted by atomic mass is 16.5. The third-order valence-electron chi connectivity index (χ3n) is 3.68. The second kappa shape index (κ2) is 6.58. The molecule has 0 saturated carbocycles. The molecular weight excluding hydrogens is 278 g/mol.